The van der Waals surface area contributed by atoms with Crippen LogP contribution in [0.2, 0.25) is 0 Å². The number of amides is 1. The predicted octanol–water partition coefficient (Wildman–Crippen LogP) is 0.630. The molecule has 2 rings (SSSR count). The van der Waals surface area contributed by atoms with Gasteiger partial charge in [-0.1, -0.05) is 0 Å². The largest absolute Gasteiger partial charge is 0.479 e. The average molecular weight is 259 g/mol. The number of carboxylic acids is 1. The number of thioether (sulfide) groups is 1. The molecule has 2 heterocycles. The first-order chi connectivity index (χ1) is 8.16. The number of aliphatic carboxylic acids is 1. The molecule has 5 nitrogen and oxygen atoms in total. The number of hydrogen-bond acceptors (Lipinski definition) is 4. The SMILES string of the molecule is O=C(O)C1CCC(C(=O)NC2CCSCC2)O1. The number of carboxylic acid groups (broad SMARTS) is 1. The summed E-state index contributed by atoms with van der Waals surface area (Å²) in [4.78, 5) is 22.5. The zero-order valence-corrected chi connectivity index (χ0v) is 10.4. The molecule has 0 aromatic carbocycles. The van der Waals surface area contributed by atoms with Gasteiger partial charge in [0, 0.05) is 6.04 Å². The van der Waals surface area contributed by atoms with Crippen LogP contribution in [0.5, 0.6) is 0 Å². The number of rotatable bonds is 3. The Morgan fingerprint density at radius 1 is 1.12 bits per heavy atom. The molecule has 2 atom stereocenters. The molecular formula is C11H17NO4S. The maximum Gasteiger partial charge on any atom is 0.332 e. The molecule has 0 spiro atoms. The van der Waals surface area contributed by atoms with Crippen LogP contribution in [-0.2, 0) is 14.3 Å². The van der Waals surface area contributed by atoms with E-state index in [1.807, 2.05) is 11.8 Å². The maximum atomic E-state index is 11.8. The molecule has 0 saturated carbocycles. The van der Waals surface area contributed by atoms with E-state index in [-0.39, 0.29) is 11.9 Å². The Bertz CT molecular complexity index is 304. The van der Waals surface area contributed by atoms with Gasteiger partial charge in [0.1, 0.15) is 6.10 Å². The Morgan fingerprint density at radius 3 is 2.35 bits per heavy atom. The lowest BCUT2D eigenvalue weighted by Gasteiger charge is -2.24. The number of carbonyl (C=O) groups excluding carboxylic acids is 1. The van der Waals surface area contributed by atoms with Crippen molar-refractivity contribution < 1.29 is 19.4 Å². The molecule has 0 bridgehead atoms. The molecule has 2 fully saturated rings. The van der Waals surface area contributed by atoms with Crippen molar-refractivity contribution in [1.29, 1.82) is 0 Å². The molecule has 17 heavy (non-hydrogen) atoms. The van der Waals surface area contributed by atoms with Gasteiger partial charge in [-0.15, -0.1) is 0 Å². The van der Waals surface area contributed by atoms with E-state index in [1.54, 1.807) is 0 Å². The predicted molar refractivity (Wildman–Crippen MR) is 64.0 cm³/mol. The lowest BCUT2D eigenvalue weighted by Crippen LogP contribution is -2.43. The van der Waals surface area contributed by atoms with Gasteiger partial charge in [0.25, 0.3) is 0 Å². The van der Waals surface area contributed by atoms with Gasteiger partial charge in [-0.25, -0.2) is 4.79 Å². The summed E-state index contributed by atoms with van der Waals surface area (Å²) in [5.41, 5.74) is 0. The molecule has 2 saturated heterocycles. The van der Waals surface area contributed by atoms with Gasteiger partial charge in [-0.3, -0.25) is 4.79 Å². The third-order valence-electron chi connectivity index (χ3n) is 3.16. The zero-order valence-electron chi connectivity index (χ0n) is 9.55. The summed E-state index contributed by atoms with van der Waals surface area (Å²) in [7, 11) is 0. The highest BCUT2D eigenvalue weighted by Gasteiger charge is 2.35. The fraction of sp³-hybridized carbons (Fsp3) is 0.818. The lowest BCUT2D eigenvalue weighted by atomic mass is 10.1. The second-order valence-corrected chi connectivity index (χ2v) is 5.65. The van der Waals surface area contributed by atoms with Crippen molar-refractivity contribution in [2.75, 3.05) is 11.5 Å². The Hall–Kier alpha value is -0.750. The van der Waals surface area contributed by atoms with Crippen molar-refractivity contribution in [3.8, 4) is 0 Å². The molecule has 0 aliphatic carbocycles. The Balaban J connectivity index is 1.78. The van der Waals surface area contributed by atoms with Gasteiger partial charge in [0.05, 0.1) is 0 Å². The molecule has 2 aliphatic heterocycles. The van der Waals surface area contributed by atoms with Crippen LogP contribution in [0.25, 0.3) is 0 Å². The van der Waals surface area contributed by atoms with Gasteiger partial charge in [0.2, 0.25) is 5.91 Å². The van der Waals surface area contributed by atoms with E-state index in [2.05, 4.69) is 5.32 Å². The second-order valence-electron chi connectivity index (χ2n) is 4.42. The summed E-state index contributed by atoms with van der Waals surface area (Å²) >= 11 is 1.90. The summed E-state index contributed by atoms with van der Waals surface area (Å²) in [5.74, 6) is 1.03. The van der Waals surface area contributed by atoms with Gasteiger partial charge in [-0.2, -0.15) is 11.8 Å². The first-order valence-corrected chi connectivity index (χ1v) is 7.08. The summed E-state index contributed by atoms with van der Waals surface area (Å²) in [6.45, 7) is 0. The molecule has 6 heteroatoms. The van der Waals surface area contributed by atoms with E-state index in [1.165, 1.54) is 0 Å². The van der Waals surface area contributed by atoms with E-state index in [9.17, 15) is 9.59 Å². The van der Waals surface area contributed by atoms with Crippen molar-refractivity contribution in [3.05, 3.63) is 0 Å². The number of hydrogen-bond donors (Lipinski definition) is 2. The Labute approximate surface area is 104 Å². The van der Waals surface area contributed by atoms with Gasteiger partial charge < -0.3 is 15.2 Å². The zero-order chi connectivity index (χ0) is 12.3. The molecule has 2 unspecified atom stereocenters. The van der Waals surface area contributed by atoms with Crippen LogP contribution < -0.4 is 5.32 Å². The van der Waals surface area contributed by atoms with Crippen LogP contribution in [-0.4, -0.2) is 46.7 Å². The first kappa shape index (κ1) is 12.7. The minimum absolute atomic E-state index is 0.148. The highest BCUT2D eigenvalue weighted by Crippen LogP contribution is 2.21. The minimum atomic E-state index is -0.977. The number of carbonyl (C=O) groups is 2. The summed E-state index contributed by atoms with van der Waals surface area (Å²) in [5, 5.41) is 11.7. The maximum absolute atomic E-state index is 11.8. The first-order valence-electron chi connectivity index (χ1n) is 5.93. The van der Waals surface area contributed by atoms with Crippen LogP contribution in [0.1, 0.15) is 25.7 Å². The van der Waals surface area contributed by atoms with Crippen LogP contribution >= 0.6 is 11.8 Å². The third kappa shape index (κ3) is 3.35. The van der Waals surface area contributed by atoms with E-state index in [0.29, 0.717) is 12.8 Å². The topological polar surface area (TPSA) is 75.6 Å². The standard InChI is InChI=1S/C11H17NO4S/c13-10(12-7-3-5-17-6-4-7)8-1-2-9(16-8)11(14)15/h7-9H,1-6H2,(H,12,13)(H,14,15). The van der Waals surface area contributed by atoms with E-state index in [4.69, 9.17) is 9.84 Å². The Kier molecular flexibility index (Phi) is 4.28. The van der Waals surface area contributed by atoms with Crippen molar-refractivity contribution in [1.82, 2.24) is 5.32 Å². The Morgan fingerprint density at radius 2 is 1.76 bits per heavy atom. The van der Waals surface area contributed by atoms with Gasteiger partial charge >= 0.3 is 5.97 Å². The van der Waals surface area contributed by atoms with Crippen molar-refractivity contribution in [2.45, 2.75) is 43.9 Å². The van der Waals surface area contributed by atoms with Crippen molar-refractivity contribution in [2.24, 2.45) is 0 Å². The van der Waals surface area contributed by atoms with Crippen LogP contribution in [0.3, 0.4) is 0 Å². The van der Waals surface area contributed by atoms with Gasteiger partial charge in [0.15, 0.2) is 6.10 Å². The summed E-state index contributed by atoms with van der Waals surface area (Å²) < 4.78 is 5.21. The van der Waals surface area contributed by atoms with E-state index in [0.717, 1.165) is 24.3 Å². The summed E-state index contributed by atoms with van der Waals surface area (Å²) in [6, 6.07) is 0.233. The molecule has 2 N–H and O–H groups in total. The molecule has 0 aromatic heterocycles. The molecular weight excluding hydrogens is 242 g/mol. The average Bonchev–Trinajstić information content (AvgIpc) is 2.79. The molecule has 0 radical (unpaired) electrons. The highest BCUT2D eigenvalue weighted by atomic mass is 32.2. The second kappa shape index (κ2) is 5.73. The highest BCUT2D eigenvalue weighted by molar-refractivity contribution is 7.99. The molecule has 1 amide bonds. The normalized spacial score (nSPS) is 30.1. The molecule has 0 aromatic rings. The van der Waals surface area contributed by atoms with Crippen molar-refractivity contribution in [3.63, 3.8) is 0 Å². The molecule has 96 valence electrons. The fourth-order valence-electron chi connectivity index (χ4n) is 2.15. The van der Waals surface area contributed by atoms with Crippen LogP contribution in [0, 0.1) is 0 Å². The van der Waals surface area contributed by atoms with Crippen LogP contribution in [0.15, 0.2) is 0 Å². The lowest BCUT2D eigenvalue weighted by molar-refractivity contribution is -0.151. The summed E-state index contributed by atoms with van der Waals surface area (Å²) in [6.07, 6.45) is 1.52. The van der Waals surface area contributed by atoms with Gasteiger partial charge in [-0.05, 0) is 37.2 Å². The smallest absolute Gasteiger partial charge is 0.332 e. The monoisotopic (exact) mass is 259 g/mol. The quantitative estimate of drug-likeness (QED) is 0.777. The van der Waals surface area contributed by atoms with Crippen LogP contribution in [0.4, 0.5) is 0 Å². The van der Waals surface area contributed by atoms with Crippen molar-refractivity contribution >= 4 is 23.6 Å². The fourth-order valence-corrected chi connectivity index (χ4v) is 3.25. The number of ether oxygens (including phenoxy) is 1. The van der Waals surface area contributed by atoms with E-state index >= 15 is 0 Å². The number of nitrogens with one attached hydrogen (secondary N) is 1. The van der Waals surface area contributed by atoms with E-state index < -0.39 is 18.2 Å². The minimum Gasteiger partial charge on any atom is -0.479 e. The third-order valence-corrected chi connectivity index (χ3v) is 4.20. The molecule has 2 aliphatic rings.